The van der Waals surface area contributed by atoms with E-state index in [0.717, 1.165) is 43.1 Å². The maximum Gasteiger partial charge on any atom is 0.133 e. The lowest BCUT2D eigenvalue weighted by molar-refractivity contribution is 0.117. The minimum absolute atomic E-state index is 0.147. The molecule has 1 heterocycles. The number of ether oxygens (including phenoxy) is 1. The lowest BCUT2D eigenvalue weighted by atomic mass is 10.1. The molecule has 0 fully saturated rings. The van der Waals surface area contributed by atoms with Crippen LogP contribution < -0.4 is 5.32 Å². The van der Waals surface area contributed by atoms with Gasteiger partial charge in [-0.15, -0.1) is 0 Å². The molecular weight excluding hydrogens is 238 g/mol. The van der Waals surface area contributed by atoms with E-state index < -0.39 is 0 Å². The smallest absolute Gasteiger partial charge is 0.133 e. The van der Waals surface area contributed by atoms with Crippen molar-refractivity contribution in [3.63, 3.8) is 0 Å². The molecule has 0 aromatic carbocycles. The van der Waals surface area contributed by atoms with Crippen molar-refractivity contribution >= 4 is 5.82 Å². The lowest BCUT2D eigenvalue weighted by Gasteiger charge is -2.13. The molecule has 0 bridgehead atoms. The topological polar surface area (TPSA) is 47.0 Å². The van der Waals surface area contributed by atoms with Crippen molar-refractivity contribution in [1.82, 2.24) is 9.97 Å². The van der Waals surface area contributed by atoms with Crippen LogP contribution in [0, 0.1) is 5.92 Å². The molecule has 0 aliphatic carbocycles. The Morgan fingerprint density at radius 3 is 2.53 bits per heavy atom. The van der Waals surface area contributed by atoms with E-state index in [0.29, 0.717) is 5.92 Å². The summed E-state index contributed by atoms with van der Waals surface area (Å²) in [7, 11) is 1.72. The van der Waals surface area contributed by atoms with Gasteiger partial charge in [0.2, 0.25) is 0 Å². The van der Waals surface area contributed by atoms with Gasteiger partial charge in [-0.25, -0.2) is 9.97 Å². The van der Waals surface area contributed by atoms with Gasteiger partial charge in [0.15, 0.2) is 0 Å². The zero-order chi connectivity index (χ0) is 14.3. The Morgan fingerprint density at radius 2 is 1.95 bits per heavy atom. The molecule has 1 atom stereocenters. The average molecular weight is 265 g/mol. The van der Waals surface area contributed by atoms with E-state index >= 15 is 0 Å². The van der Waals surface area contributed by atoms with Crippen molar-refractivity contribution < 1.29 is 4.74 Å². The van der Waals surface area contributed by atoms with Gasteiger partial charge in [0, 0.05) is 31.8 Å². The summed E-state index contributed by atoms with van der Waals surface area (Å²) in [4.78, 5) is 9.20. The van der Waals surface area contributed by atoms with Crippen molar-refractivity contribution in [3.8, 4) is 0 Å². The van der Waals surface area contributed by atoms with Crippen molar-refractivity contribution in [2.45, 2.75) is 53.1 Å². The van der Waals surface area contributed by atoms with Crippen LogP contribution in [0.15, 0.2) is 6.07 Å². The molecule has 1 N–H and O–H groups in total. The fourth-order valence-electron chi connectivity index (χ4n) is 1.85. The van der Waals surface area contributed by atoms with Crippen molar-refractivity contribution in [2.75, 3.05) is 19.0 Å². The van der Waals surface area contributed by atoms with Gasteiger partial charge in [-0.3, -0.25) is 0 Å². The second kappa shape index (κ2) is 8.10. The molecule has 4 nitrogen and oxygen atoms in total. The summed E-state index contributed by atoms with van der Waals surface area (Å²) in [6.07, 6.45) is 2.97. The van der Waals surface area contributed by atoms with E-state index in [9.17, 15) is 0 Å². The summed E-state index contributed by atoms with van der Waals surface area (Å²) >= 11 is 0. The standard InChI is InChI=1S/C15H27N3O/c1-6-7-16-14-10-13(8-11(2)3)17-15(18-14)9-12(4)19-5/h10-12H,6-9H2,1-5H3,(H,16,17,18). The molecule has 108 valence electrons. The number of aromatic nitrogens is 2. The fraction of sp³-hybridized carbons (Fsp3) is 0.733. The molecular formula is C15H27N3O. The Balaban J connectivity index is 2.87. The molecule has 0 aliphatic heterocycles. The predicted octanol–water partition coefficient (Wildman–Crippen LogP) is 3.07. The predicted molar refractivity (Wildman–Crippen MR) is 79.5 cm³/mol. The largest absolute Gasteiger partial charge is 0.381 e. The zero-order valence-electron chi connectivity index (χ0n) is 12.9. The van der Waals surface area contributed by atoms with E-state index in [-0.39, 0.29) is 6.10 Å². The highest BCUT2D eigenvalue weighted by Crippen LogP contribution is 2.13. The number of rotatable bonds is 8. The van der Waals surface area contributed by atoms with Crippen LogP contribution in [0.5, 0.6) is 0 Å². The van der Waals surface area contributed by atoms with Gasteiger partial charge in [0.25, 0.3) is 0 Å². The third kappa shape index (κ3) is 6.01. The Morgan fingerprint density at radius 1 is 1.21 bits per heavy atom. The molecule has 1 aromatic rings. The summed E-state index contributed by atoms with van der Waals surface area (Å²) in [5, 5.41) is 3.35. The van der Waals surface area contributed by atoms with Crippen molar-refractivity contribution in [3.05, 3.63) is 17.6 Å². The fourth-order valence-corrected chi connectivity index (χ4v) is 1.85. The molecule has 0 aliphatic rings. The molecule has 1 rings (SSSR count). The van der Waals surface area contributed by atoms with Crippen LogP contribution in [0.4, 0.5) is 5.82 Å². The van der Waals surface area contributed by atoms with Gasteiger partial charge < -0.3 is 10.1 Å². The number of methoxy groups -OCH3 is 1. The summed E-state index contributed by atoms with van der Waals surface area (Å²) in [5.74, 6) is 2.40. The monoisotopic (exact) mass is 265 g/mol. The first-order valence-corrected chi connectivity index (χ1v) is 7.18. The average Bonchev–Trinajstić information content (AvgIpc) is 2.35. The highest BCUT2D eigenvalue weighted by molar-refractivity contribution is 5.36. The summed E-state index contributed by atoms with van der Waals surface area (Å²) in [6, 6.07) is 2.07. The van der Waals surface area contributed by atoms with Gasteiger partial charge in [0.05, 0.1) is 6.10 Å². The first-order valence-electron chi connectivity index (χ1n) is 7.18. The molecule has 1 aromatic heterocycles. The van der Waals surface area contributed by atoms with Crippen LogP contribution in [0.25, 0.3) is 0 Å². The Hall–Kier alpha value is -1.16. The van der Waals surface area contributed by atoms with E-state index in [1.54, 1.807) is 7.11 Å². The number of anilines is 1. The van der Waals surface area contributed by atoms with Crippen molar-refractivity contribution in [2.24, 2.45) is 5.92 Å². The maximum atomic E-state index is 5.30. The van der Waals surface area contributed by atoms with Crippen LogP contribution in [-0.2, 0) is 17.6 Å². The maximum absolute atomic E-state index is 5.30. The Bertz CT molecular complexity index is 380. The van der Waals surface area contributed by atoms with E-state index in [4.69, 9.17) is 4.74 Å². The summed E-state index contributed by atoms with van der Waals surface area (Å²) < 4.78 is 5.30. The molecule has 0 amide bonds. The first-order chi connectivity index (χ1) is 9.05. The number of hydrogen-bond donors (Lipinski definition) is 1. The summed E-state index contributed by atoms with van der Waals surface area (Å²) in [6.45, 7) is 9.55. The van der Waals surface area contributed by atoms with E-state index in [1.807, 2.05) is 6.92 Å². The van der Waals surface area contributed by atoms with E-state index in [1.165, 1.54) is 0 Å². The SMILES string of the molecule is CCCNc1cc(CC(C)C)nc(CC(C)OC)n1. The Labute approximate surface area is 117 Å². The van der Waals surface area contributed by atoms with Gasteiger partial charge in [-0.2, -0.15) is 0 Å². The third-order valence-electron chi connectivity index (χ3n) is 2.87. The molecule has 0 spiro atoms. The minimum atomic E-state index is 0.147. The lowest BCUT2D eigenvalue weighted by Crippen LogP contribution is -2.14. The zero-order valence-corrected chi connectivity index (χ0v) is 12.9. The van der Waals surface area contributed by atoms with Crippen LogP contribution in [-0.4, -0.2) is 29.7 Å². The molecule has 1 unspecified atom stereocenters. The Kier molecular flexibility index (Phi) is 6.78. The molecule has 0 radical (unpaired) electrons. The molecule has 4 heteroatoms. The number of nitrogens with one attached hydrogen (secondary N) is 1. The summed E-state index contributed by atoms with van der Waals surface area (Å²) in [5.41, 5.74) is 1.11. The highest BCUT2D eigenvalue weighted by atomic mass is 16.5. The van der Waals surface area contributed by atoms with Crippen molar-refractivity contribution in [1.29, 1.82) is 0 Å². The van der Waals surface area contributed by atoms with Gasteiger partial charge in [-0.1, -0.05) is 20.8 Å². The normalized spacial score (nSPS) is 12.7. The second-order valence-electron chi connectivity index (χ2n) is 5.44. The van der Waals surface area contributed by atoms with Crippen LogP contribution in [0.2, 0.25) is 0 Å². The first kappa shape index (κ1) is 15.9. The van der Waals surface area contributed by atoms with E-state index in [2.05, 4.69) is 42.1 Å². The van der Waals surface area contributed by atoms with Gasteiger partial charge in [-0.05, 0) is 25.7 Å². The molecule has 0 saturated carbocycles. The van der Waals surface area contributed by atoms with Crippen LogP contribution >= 0.6 is 0 Å². The molecule has 0 saturated heterocycles. The third-order valence-corrected chi connectivity index (χ3v) is 2.87. The minimum Gasteiger partial charge on any atom is -0.381 e. The second-order valence-corrected chi connectivity index (χ2v) is 5.44. The van der Waals surface area contributed by atoms with Gasteiger partial charge >= 0.3 is 0 Å². The number of nitrogens with zero attached hydrogens (tertiary/aromatic N) is 2. The van der Waals surface area contributed by atoms with Crippen LogP contribution in [0.1, 0.15) is 45.6 Å². The van der Waals surface area contributed by atoms with Crippen LogP contribution in [0.3, 0.4) is 0 Å². The van der Waals surface area contributed by atoms with Gasteiger partial charge in [0.1, 0.15) is 11.6 Å². The molecule has 19 heavy (non-hydrogen) atoms. The highest BCUT2D eigenvalue weighted by Gasteiger charge is 2.09. The number of hydrogen-bond acceptors (Lipinski definition) is 4. The quantitative estimate of drug-likeness (QED) is 0.784.